The van der Waals surface area contributed by atoms with Gasteiger partial charge in [-0.05, 0) is 50.1 Å². The molecule has 4 nitrogen and oxygen atoms in total. The van der Waals surface area contributed by atoms with E-state index < -0.39 is 0 Å². The number of fused-ring (bicyclic) bond motifs is 1. The number of hydrogen-bond acceptors (Lipinski definition) is 4. The van der Waals surface area contributed by atoms with Crippen LogP contribution < -0.4 is 10.6 Å². The minimum atomic E-state index is 0.623. The summed E-state index contributed by atoms with van der Waals surface area (Å²) in [5.74, 6) is 1.69. The maximum absolute atomic E-state index is 6.31. The summed E-state index contributed by atoms with van der Waals surface area (Å²) in [5.41, 5.74) is 4.41. The lowest BCUT2D eigenvalue weighted by molar-refractivity contribution is 0.621. The van der Waals surface area contributed by atoms with E-state index in [9.17, 15) is 0 Å². The molecule has 2 heterocycles. The number of rotatable bonds is 3. The van der Waals surface area contributed by atoms with Crippen LogP contribution in [0.1, 0.15) is 28.2 Å². The van der Waals surface area contributed by atoms with E-state index in [2.05, 4.69) is 20.6 Å². The zero-order valence-corrected chi connectivity index (χ0v) is 14.1. The number of nitrogens with zero attached hydrogens (tertiary/aromatic N) is 2. The molecule has 0 bridgehead atoms. The van der Waals surface area contributed by atoms with E-state index in [0.717, 1.165) is 48.0 Å². The summed E-state index contributed by atoms with van der Waals surface area (Å²) in [6, 6.07) is 3.70. The third-order valence-corrected chi connectivity index (χ3v) is 4.42. The molecule has 0 spiro atoms. The fourth-order valence-corrected chi connectivity index (χ4v) is 3.42. The lowest BCUT2D eigenvalue weighted by atomic mass is 10.1. The van der Waals surface area contributed by atoms with Crippen LogP contribution in [0.2, 0.25) is 10.0 Å². The molecule has 0 radical (unpaired) electrons. The lowest BCUT2D eigenvalue weighted by Gasteiger charge is -2.20. The smallest absolute Gasteiger partial charge is 0.133 e. The molecular weight excluding hydrogens is 319 g/mol. The molecule has 1 aliphatic rings. The number of hydrogen-bond donors (Lipinski definition) is 2. The molecule has 1 aromatic carbocycles. The van der Waals surface area contributed by atoms with Gasteiger partial charge in [0.15, 0.2) is 0 Å². The monoisotopic (exact) mass is 336 g/mol. The average Bonchev–Trinajstić information content (AvgIpc) is 2.45. The van der Waals surface area contributed by atoms with Gasteiger partial charge < -0.3 is 10.6 Å². The normalized spacial score (nSPS) is 13.8. The topological polar surface area (TPSA) is 49.8 Å². The molecule has 0 fully saturated rings. The van der Waals surface area contributed by atoms with Crippen LogP contribution in [-0.2, 0) is 19.5 Å². The molecule has 116 valence electrons. The predicted molar refractivity (Wildman–Crippen MR) is 90.7 cm³/mol. The summed E-state index contributed by atoms with van der Waals surface area (Å²) in [5, 5.41) is 8.10. The number of anilines is 1. The van der Waals surface area contributed by atoms with Gasteiger partial charge in [-0.3, -0.25) is 0 Å². The van der Waals surface area contributed by atoms with Crippen molar-refractivity contribution in [1.82, 2.24) is 15.3 Å². The highest BCUT2D eigenvalue weighted by molar-refractivity contribution is 6.35. The summed E-state index contributed by atoms with van der Waals surface area (Å²) in [4.78, 5) is 9.08. The zero-order chi connectivity index (χ0) is 15.7. The maximum atomic E-state index is 6.31. The SMILES string of the molecule is Cc1nc2c(c(NCc3c(C)cc(Cl)cc3Cl)n1)CCNC2. The van der Waals surface area contributed by atoms with Gasteiger partial charge in [0.1, 0.15) is 11.6 Å². The van der Waals surface area contributed by atoms with Gasteiger partial charge in [-0.2, -0.15) is 0 Å². The Labute approximate surface area is 140 Å². The Hall–Kier alpha value is -1.36. The number of aromatic nitrogens is 2. The third-order valence-electron chi connectivity index (χ3n) is 3.86. The Morgan fingerprint density at radius 1 is 1.23 bits per heavy atom. The first-order valence-electron chi connectivity index (χ1n) is 7.30. The van der Waals surface area contributed by atoms with Crippen molar-refractivity contribution < 1.29 is 0 Å². The van der Waals surface area contributed by atoms with Crippen molar-refractivity contribution in [2.45, 2.75) is 33.4 Å². The Kier molecular flexibility index (Phi) is 4.52. The molecule has 1 aromatic heterocycles. The van der Waals surface area contributed by atoms with Crippen molar-refractivity contribution in [3.8, 4) is 0 Å². The summed E-state index contributed by atoms with van der Waals surface area (Å²) < 4.78 is 0. The minimum Gasteiger partial charge on any atom is -0.366 e. The first kappa shape index (κ1) is 15.5. The fraction of sp³-hybridized carbons (Fsp3) is 0.375. The highest BCUT2D eigenvalue weighted by Gasteiger charge is 2.17. The fourth-order valence-electron chi connectivity index (χ4n) is 2.76. The van der Waals surface area contributed by atoms with Crippen molar-refractivity contribution in [3.63, 3.8) is 0 Å². The van der Waals surface area contributed by atoms with E-state index >= 15 is 0 Å². The number of benzene rings is 1. The van der Waals surface area contributed by atoms with E-state index in [1.54, 1.807) is 6.07 Å². The van der Waals surface area contributed by atoms with Crippen molar-refractivity contribution >= 4 is 29.0 Å². The molecule has 2 N–H and O–H groups in total. The van der Waals surface area contributed by atoms with Gasteiger partial charge in [-0.15, -0.1) is 0 Å². The molecule has 0 saturated heterocycles. The van der Waals surface area contributed by atoms with Crippen molar-refractivity contribution in [2.24, 2.45) is 0 Å². The van der Waals surface area contributed by atoms with Crippen molar-refractivity contribution in [3.05, 3.63) is 50.4 Å². The standard InChI is InChI=1S/C16H18Cl2N4/c1-9-5-11(17)6-14(18)13(9)7-20-16-12-3-4-19-8-15(12)21-10(2)22-16/h5-6,19H,3-4,7-8H2,1-2H3,(H,20,21,22). The first-order valence-corrected chi connectivity index (χ1v) is 8.05. The van der Waals surface area contributed by atoms with Gasteiger partial charge in [0.25, 0.3) is 0 Å². The van der Waals surface area contributed by atoms with Gasteiger partial charge in [-0.25, -0.2) is 9.97 Å². The maximum Gasteiger partial charge on any atom is 0.133 e. The van der Waals surface area contributed by atoms with Gasteiger partial charge in [0.05, 0.1) is 5.69 Å². The summed E-state index contributed by atoms with van der Waals surface area (Å²) in [6.07, 6.45) is 0.936. The highest BCUT2D eigenvalue weighted by Crippen LogP contribution is 2.27. The first-order chi connectivity index (χ1) is 10.5. The molecule has 0 atom stereocenters. The number of halogens is 2. The van der Waals surface area contributed by atoms with Crippen LogP contribution in [0.3, 0.4) is 0 Å². The molecule has 1 aliphatic heterocycles. The van der Waals surface area contributed by atoms with Crippen LogP contribution in [-0.4, -0.2) is 16.5 Å². The van der Waals surface area contributed by atoms with E-state index in [4.69, 9.17) is 23.2 Å². The molecular formula is C16H18Cl2N4. The van der Waals surface area contributed by atoms with E-state index in [1.165, 1.54) is 5.56 Å². The molecule has 0 saturated carbocycles. The van der Waals surface area contributed by atoms with E-state index in [0.29, 0.717) is 16.6 Å². The molecule has 0 unspecified atom stereocenters. The Bertz CT molecular complexity index is 693. The third kappa shape index (κ3) is 3.19. The number of aryl methyl sites for hydroxylation is 2. The molecule has 0 aliphatic carbocycles. The quantitative estimate of drug-likeness (QED) is 0.897. The van der Waals surface area contributed by atoms with Crippen LogP contribution >= 0.6 is 23.2 Å². The molecule has 22 heavy (non-hydrogen) atoms. The van der Waals surface area contributed by atoms with Crippen LogP contribution in [0.5, 0.6) is 0 Å². The van der Waals surface area contributed by atoms with Crippen LogP contribution in [0.25, 0.3) is 0 Å². The van der Waals surface area contributed by atoms with Gasteiger partial charge in [0.2, 0.25) is 0 Å². The van der Waals surface area contributed by atoms with Gasteiger partial charge >= 0.3 is 0 Å². The Morgan fingerprint density at radius 3 is 2.82 bits per heavy atom. The lowest BCUT2D eigenvalue weighted by Crippen LogP contribution is -2.26. The van der Waals surface area contributed by atoms with Crippen LogP contribution in [0.4, 0.5) is 5.82 Å². The van der Waals surface area contributed by atoms with E-state index in [-0.39, 0.29) is 0 Å². The molecule has 6 heteroatoms. The van der Waals surface area contributed by atoms with Crippen LogP contribution in [0, 0.1) is 13.8 Å². The highest BCUT2D eigenvalue weighted by atomic mass is 35.5. The Balaban J connectivity index is 1.87. The zero-order valence-electron chi connectivity index (χ0n) is 12.6. The molecule has 2 aromatic rings. The molecule has 0 amide bonds. The average molecular weight is 337 g/mol. The van der Waals surface area contributed by atoms with Crippen molar-refractivity contribution in [2.75, 3.05) is 11.9 Å². The van der Waals surface area contributed by atoms with Crippen LogP contribution in [0.15, 0.2) is 12.1 Å². The summed E-state index contributed by atoms with van der Waals surface area (Å²) >= 11 is 12.3. The second-order valence-electron chi connectivity index (χ2n) is 5.51. The minimum absolute atomic E-state index is 0.623. The largest absolute Gasteiger partial charge is 0.366 e. The van der Waals surface area contributed by atoms with Crippen molar-refractivity contribution in [1.29, 1.82) is 0 Å². The Morgan fingerprint density at radius 2 is 2.05 bits per heavy atom. The van der Waals surface area contributed by atoms with Gasteiger partial charge in [-0.1, -0.05) is 23.2 Å². The summed E-state index contributed by atoms with van der Waals surface area (Å²) in [6.45, 7) is 6.31. The molecule has 3 rings (SSSR count). The second kappa shape index (κ2) is 6.41. The summed E-state index contributed by atoms with van der Waals surface area (Å²) in [7, 11) is 0. The predicted octanol–water partition coefficient (Wildman–Crippen LogP) is 3.66. The second-order valence-corrected chi connectivity index (χ2v) is 6.35. The van der Waals surface area contributed by atoms with Gasteiger partial charge in [0, 0.05) is 28.7 Å². The van der Waals surface area contributed by atoms with E-state index in [1.807, 2.05) is 19.9 Å². The number of nitrogens with one attached hydrogen (secondary N) is 2.